The Bertz CT molecular complexity index is 1330. The number of thiazole rings is 1. The van der Waals surface area contributed by atoms with Crippen molar-refractivity contribution in [2.45, 2.75) is 77.2 Å². The quantitative estimate of drug-likeness (QED) is 0.348. The Balaban J connectivity index is 1.26. The van der Waals surface area contributed by atoms with Crippen molar-refractivity contribution < 1.29 is 24.0 Å². The van der Waals surface area contributed by atoms with Crippen LogP contribution in [0.2, 0.25) is 0 Å². The van der Waals surface area contributed by atoms with Gasteiger partial charge in [0.1, 0.15) is 18.1 Å². The predicted octanol–water partition coefficient (Wildman–Crippen LogP) is 3.82. The van der Waals surface area contributed by atoms with E-state index in [1.807, 2.05) is 57.5 Å². The minimum absolute atomic E-state index is 0.0548. The summed E-state index contributed by atoms with van der Waals surface area (Å²) in [4.78, 5) is 34.3. The predicted molar refractivity (Wildman–Crippen MR) is 156 cm³/mol. The van der Waals surface area contributed by atoms with Crippen molar-refractivity contribution in [3.63, 3.8) is 0 Å². The van der Waals surface area contributed by atoms with E-state index in [4.69, 9.17) is 9.26 Å². The highest BCUT2D eigenvalue weighted by molar-refractivity contribution is 7.13. The fourth-order valence-corrected chi connectivity index (χ4v) is 6.48. The molecule has 0 saturated carbocycles. The fraction of sp³-hybridized carbons (Fsp3) is 0.533. The van der Waals surface area contributed by atoms with Crippen LogP contribution >= 0.6 is 11.3 Å². The monoisotopic (exact) mass is 581 g/mol. The number of aliphatic hydroxyl groups excluding tert-OH is 1. The highest BCUT2D eigenvalue weighted by Crippen LogP contribution is 2.33. The van der Waals surface area contributed by atoms with Gasteiger partial charge in [0.15, 0.2) is 5.76 Å². The van der Waals surface area contributed by atoms with Crippen LogP contribution in [0.4, 0.5) is 0 Å². The molecule has 0 spiro atoms. The molecule has 0 aliphatic carbocycles. The number of hydrogen-bond acceptors (Lipinski definition) is 9. The molecule has 4 atom stereocenters. The number of β-amino-alcohol motifs (C(OH)–C–C–N with tert-alkyl or cyclic N) is 1. The molecule has 1 aromatic carbocycles. The van der Waals surface area contributed by atoms with E-state index in [0.29, 0.717) is 11.6 Å². The zero-order chi connectivity index (χ0) is 29.1. The second kappa shape index (κ2) is 12.7. The van der Waals surface area contributed by atoms with Crippen LogP contribution in [0.15, 0.2) is 40.4 Å². The average molecular weight is 582 g/mol. The van der Waals surface area contributed by atoms with E-state index in [-0.39, 0.29) is 42.8 Å². The number of carbonyl (C=O) groups is 2. The number of piperidine rings is 1. The van der Waals surface area contributed by atoms with Crippen LogP contribution < -0.4 is 15.4 Å². The molecule has 0 radical (unpaired) electrons. The second-order valence-electron chi connectivity index (χ2n) is 11.4. The summed E-state index contributed by atoms with van der Waals surface area (Å²) in [6.45, 7) is 9.63. The number of aliphatic hydroxyl groups is 1. The van der Waals surface area contributed by atoms with Gasteiger partial charge in [0.25, 0.3) is 5.88 Å². The van der Waals surface area contributed by atoms with Gasteiger partial charge in [-0.15, -0.1) is 11.3 Å². The van der Waals surface area contributed by atoms with Gasteiger partial charge < -0.3 is 29.9 Å². The van der Waals surface area contributed by atoms with Gasteiger partial charge in [0.05, 0.1) is 28.2 Å². The van der Waals surface area contributed by atoms with Crippen molar-refractivity contribution >= 4 is 23.2 Å². The molecule has 2 fully saturated rings. The number of aromatic nitrogens is 2. The van der Waals surface area contributed by atoms with Gasteiger partial charge >= 0.3 is 0 Å². The molecule has 220 valence electrons. The normalized spacial score (nSPS) is 21.2. The molecular weight excluding hydrogens is 542 g/mol. The lowest BCUT2D eigenvalue weighted by Gasteiger charge is -2.29. The SMILES string of the molecule is Cc1ncsc1-c1ccc([C@H](C)NC(=O)[C@@H]2C[C@@H](O)CN2C(=O)[C@@H](c2cc(OC3CCNCC3)no2)C(C)C)cc1. The number of likely N-dealkylation sites (tertiary alicyclic amines) is 1. The van der Waals surface area contributed by atoms with E-state index in [1.54, 1.807) is 17.4 Å². The van der Waals surface area contributed by atoms with E-state index >= 15 is 0 Å². The topological polar surface area (TPSA) is 130 Å². The van der Waals surface area contributed by atoms with Crippen molar-refractivity contribution in [1.29, 1.82) is 0 Å². The number of rotatable bonds is 9. The van der Waals surface area contributed by atoms with Crippen molar-refractivity contribution in [2.24, 2.45) is 5.92 Å². The summed E-state index contributed by atoms with van der Waals surface area (Å²) in [5, 5.41) is 20.9. The second-order valence-corrected chi connectivity index (χ2v) is 12.2. The van der Waals surface area contributed by atoms with Gasteiger partial charge in [-0.3, -0.25) is 9.59 Å². The number of nitrogens with zero attached hydrogens (tertiary/aromatic N) is 3. The highest BCUT2D eigenvalue weighted by atomic mass is 32.1. The molecule has 2 aliphatic heterocycles. The molecule has 3 N–H and O–H groups in total. The lowest BCUT2D eigenvalue weighted by atomic mass is 9.91. The number of nitrogens with one attached hydrogen (secondary N) is 2. The summed E-state index contributed by atoms with van der Waals surface area (Å²) >= 11 is 1.60. The number of carbonyl (C=O) groups excluding carboxylic acids is 2. The molecule has 41 heavy (non-hydrogen) atoms. The number of ether oxygens (including phenoxy) is 1. The van der Waals surface area contributed by atoms with E-state index < -0.39 is 18.1 Å². The zero-order valence-corrected chi connectivity index (χ0v) is 24.8. The Kier molecular flexibility index (Phi) is 9.06. The Morgan fingerprint density at radius 2 is 1.93 bits per heavy atom. The molecule has 2 aliphatic rings. The van der Waals surface area contributed by atoms with E-state index in [2.05, 4.69) is 20.8 Å². The van der Waals surface area contributed by atoms with E-state index in [9.17, 15) is 14.7 Å². The van der Waals surface area contributed by atoms with Crippen LogP contribution in [-0.4, -0.2) is 69.8 Å². The average Bonchev–Trinajstić information content (AvgIpc) is 3.69. The van der Waals surface area contributed by atoms with Crippen LogP contribution in [-0.2, 0) is 9.59 Å². The Hall–Kier alpha value is -3.28. The Morgan fingerprint density at radius 1 is 1.20 bits per heavy atom. The summed E-state index contributed by atoms with van der Waals surface area (Å²) < 4.78 is 11.6. The number of amides is 2. The smallest absolute Gasteiger partial charge is 0.254 e. The molecule has 11 heteroatoms. The highest BCUT2D eigenvalue weighted by Gasteiger charge is 2.43. The van der Waals surface area contributed by atoms with Gasteiger partial charge in [-0.05, 0) is 62.0 Å². The summed E-state index contributed by atoms with van der Waals surface area (Å²) in [6.07, 6.45) is 1.21. The first-order valence-electron chi connectivity index (χ1n) is 14.3. The van der Waals surface area contributed by atoms with Gasteiger partial charge in [-0.2, -0.15) is 0 Å². The molecule has 2 amide bonds. The summed E-state index contributed by atoms with van der Waals surface area (Å²) in [7, 11) is 0. The van der Waals surface area contributed by atoms with E-state index in [1.165, 1.54) is 4.90 Å². The van der Waals surface area contributed by atoms with Crippen LogP contribution in [0.5, 0.6) is 5.88 Å². The largest absolute Gasteiger partial charge is 0.472 e. The maximum absolute atomic E-state index is 13.9. The lowest BCUT2D eigenvalue weighted by molar-refractivity contribution is -0.141. The maximum Gasteiger partial charge on any atom is 0.254 e. The summed E-state index contributed by atoms with van der Waals surface area (Å²) in [5.74, 6) is -0.569. The van der Waals surface area contributed by atoms with Crippen LogP contribution in [0, 0.1) is 12.8 Å². The fourth-order valence-electron chi connectivity index (χ4n) is 5.67. The molecule has 3 aromatic rings. The molecular formula is C30H39N5O5S. The minimum atomic E-state index is -0.784. The molecule has 0 unspecified atom stereocenters. The summed E-state index contributed by atoms with van der Waals surface area (Å²) in [6, 6.07) is 8.67. The van der Waals surface area contributed by atoms with Gasteiger partial charge in [0, 0.05) is 19.0 Å². The molecule has 4 heterocycles. The lowest BCUT2D eigenvalue weighted by Crippen LogP contribution is -2.48. The first-order valence-corrected chi connectivity index (χ1v) is 15.2. The third-order valence-corrected chi connectivity index (χ3v) is 8.94. The number of benzene rings is 1. The zero-order valence-electron chi connectivity index (χ0n) is 24.0. The molecule has 2 aromatic heterocycles. The van der Waals surface area contributed by atoms with Crippen LogP contribution in [0.1, 0.15) is 69.0 Å². The van der Waals surface area contributed by atoms with Crippen molar-refractivity contribution in [2.75, 3.05) is 19.6 Å². The summed E-state index contributed by atoms with van der Waals surface area (Å²) in [5.41, 5.74) is 4.85. The third-order valence-electron chi connectivity index (χ3n) is 7.96. The van der Waals surface area contributed by atoms with Gasteiger partial charge in [-0.1, -0.05) is 38.1 Å². The van der Waals surface area contributed by atoms with Crippen LogP contribution in [0.3, 0.4) is 0 Å². The first kappa shape index (κ1) is 29.2. The van der Waals surface area contributed by atoms with Gasteiger partial charge in [0.2, 0.25) is 11.8 Å². The molecule has 5 rings (SSSR count). The number of aryl methyl sites for hydroxylation is 1. The van der Waals surface area contributed by atoms with Gasteiger partial charge in [-0.25, -0.2) is 4.98 Å². The third kappa shape index (κ3) is 6.63. The molecule has 0 bridgehead atoms. The van der Waals surface area contributed by atoms with Crippen molar-refractivity contribution in [3.05, 3.63) is 52.9 Å². The standard InChI is InChI=1S/C30H39N5O5S/c1-17(2)27(25-14-26(34-40-25)39-23-9-11-31-12-10-23)30(38)35-15-22(36)13-24(35)29(37)33-18(3)20-5-7-21(8-6-20)28-19(4)32-16-41-28/h5-8,14,16-18,22-24,27,31,36H,9-13,15H2,1-4H3,(H,33,37)/t18-,22+,24-,27+/m0/s1. The first-order chi connectivity index (χ1) is 19.7. The van der Waals surface area contributed by atoms with Crippen LogP contribution in [0.25, 0.3) is 10.4 Å². The Morgan fingerprint density at radius 3 is 2.59 bits per heavy atom. The minimum Gasteiger partial charge on any atom is -0.472 e. The number of hydrogen-bond donors (Lipinski definition) is 3. The van der Waals surface area contributed by atoms with Crippen molar-refractivity contribution in [1.82, 2.24) is 25.7 Å². The van der Waals surface area contributed by atoms with Crippen molar-refractivity contribution in [3.8, 4) is 16.3 Å². The molecule has 2 saturated heterocycles. The maximum atomic E-state index is 13.9. The Labute approximate surface area is 244 Å². The molecule has 10 nitrogen and oxygen atoms in total. The van der Waals surface area contributed by atoms with E-state index in [0.717, 1.165) is 47.6 Å².